The number of carbonyl (C=O) groups is 1. The molecule has 0 atom stereocenters. The lowest BCUT2D eigenvalue weighted by Gasteiger charge is -2.05. The highest BCUT2D eigenvalue weighted by Gasteiger charge is 2.09. The minimum atomic E-state index is -0.0351. The quantitative estimate of drug-likeness (QED) is 0.625. The van der Waals surface area contributed by atoms with Crippen LogP contribution in [0, 0.1) is 13.8 Å². The zero-order valence-corrected chi connectivity index (χ0v) is 15.8. The van der Waals surface area contributed by atoms with Gasteiger partial charge in [-0.25, -0.2) is 0 Å². The minimum absolute atomic E-state index is 0.0351. The molecule has 1 aromatic heterocycles. The molecule has 2 aromatic carbocycles. The molecule has 0 bridgehead atoms. The van der Waals surface area contributed by atoms with Crippen LogP contribution < -0.4 is 5.32 Å². The molecular weight excluding hydrogens is 350 g/mol. The molecule has 3 aromatic rings. The lowest BCUT2D eigenvalue weighted by atomic mass is 10.1. The Morgan fingerprint density at radius 1 is 1.08 bits per heavy atom. The summed E-state index contributed by atoms with van der Waals surface area (Å²) in [5.74, 6) is 0.700. The summed E-state index contributed by atoms with van der Waals surface area (Å²) in [5, 5.41) is 12.4. The van der Waals surface area contributed by atoms with Crippen LogP contribution in [0.1, 0.15) is 17.5 Å². The molecule has 4 nitrogen and oxygen atoms in total. The summed E-state index contributed by atoms with van der Waals surface area (Å²) in [5.41, 5.74) is 3.56. The zero-order chi connectivity index (χ0) is 17.6. The number of nitrogens with zero attached hydrogens (tertiary/aromatic N) is 2. The Labute approximate surface area is 155 Å². The van der Waals surface area contributed by atoms with Gasteiger partial charge in [-0.1, -0.05) is 47.7 Å². The molecule has 25 heavy (non-hydrogen) atoms. The number of aromatic nitrogens is 2. The first-order chi connectivity index (χ1) is 12.1. The number of amides is 1. The highest BCUT2D eigenvalue weighted by Crippen LogP contribution is 2.26. The van der Waals surface area contributed by atoms with Gasteiger partial charge in [0.05, 0.1) is 0 Å². The number of benzene rings is 2. The number of rotatable bonds is 6. The molecule has 128 valence electrons. The number of hydrogen-bond acceptors (Lipinski definition) is 5. The third-order valence-corrected chi connectivity index (χ3v) is 5.65. The van der Waals surface area contributed by atoms with Crippen molar-refractivity contribution in [1.82, 2.24) is 10.2 Å². The molecule has 0 saturated carbocycles. The molecule has 0 fully saturated rings. The van der Waals surface area contributed by atoms with Gasteiger partial charge in [0.15, 0.2) is 0 Å². The largest absolute Gasteiger partial charge is 0.300 e. The van der Waals surface area contributed by atoms with Crippen LogP contribution in [0.2, 0.25) is 0 Å². The van der Waals surface area contributed by atoms with E-state index in [1.807, 2.05) is 30.3 Å². The first kappa shape index (κ1) is 17.6. The van der Waals surface area contributed by atoms with Gasteiger partial charge in [-0.15, -0.1) is 22.0 Å². The van der Waals surface area contributed by atoms with Crippen molar-refractivity contribution >= 4 is 34.1 Å². The fourth-order valence-corrected chi connectivity index (χ4v) is 3.93. The van der Waals surface area contributed by atoms with E-state index >= 15 is 0 Å². The van der Waals surface area contributed by atoms with Crippen LogP contribution in [0.3, 0.4) is 0 Å². The summed E-state index contributed by atoms with van der Waals surface area (Å²) in [6, 6.07) is 16.2. The van der Waals surface area contributed by atoms with Gasteiger partial charge in [-0.3, -0.25) is 4.79 Å². The molecule has 0 saturated heterocycles. The predicted molar refractivity (Wildman–Crippen MR) is 105 cm³/mol. The van der Waals surface area contributed by atoms with Crippen LogP contribution >= 0.6 is 23.1 Å². The van der Waals surface area contributed by atoms with E-state index in [4.69, 9.17) is 0 Å². The van der Waals surface area contributed by atoms with Crippen molar-refractivity contribution in [2.24, 2.45) is 0 Å². The van der Waals surface area contributed by atoms with Crippen molar-refractivity contribution < 1.29 is 4.79 Å². The molecule has 6 heteroatoms. The van der Waals surface area contributed by atoms with E-state index in [1.54, 1.807) is 11.8 Å². The summed E-state index contributed by atoms with van der Waals surface area (Å²) >= 11 is 3.08. The maximum absolute atomic E-state index is 12.1. The van der Waals surface area contributed by atoms with Crippen LogP contribution in [0.5, 0.6) is 0 Å². The lowest BCUT2D eigenvalue weighted by molar-refractivity contribution is -0.115. The molecular formula is C19H19N3OS2. The number of carbonyl (C=O) groups excluding carboxylic acids is 1. The second-order valence-corrected chi connectivity index (χ2v) is 7.82. The molecule has 1 N–H and O–H groups in total. The van der Waals surface area contributed by atoms with Crippen molar-refractivity contribution in [3.05, 3.63) is 59.7 Å². The van der Waals surface area contributed by atoms with Gasteiger partial charge in [0.1, 0.15) is 5.01 Å². The fraction of sp³-hybridized carbons (Fsp3) is 0.211. The van der Waals surface area contributed by atoms with Crippen molar-refractivity contribution in [2.45, 2.75) is 25.2 Å². The molecule has 0 spiro atoms. The Kier molecular flexibility index (Phi) is 5.83. The maximum Gasteiger partial charge on any atom is 0.227 e. The van der Waals surface area contributed by atoms with Crippen molar-refractivity contribution in [1.29, 1.82) is 0 Å². The van der Waals surface area contributed by atoms with Crippen molar-refractivity contribution in [3.8, 4) is 10.6 Å². The summed E-state index contributed by atoms with van der Waals surface area (Å²) in [4.78, 5) is 13.3. The number of hydrogen-bond donors (Lipinski definition) is 1. The number of aryl methyl sites for hydroxylation is 2. The first-order valence-corrected chi connectivity index (χ1v) is 9.81. The average Bonchev–Trinajstić information content (AvgIpc) is 3.07. The second kappa shape index (κ2) is 8.27. The molecule has 0 radical (unpaired) electrons. The van der Waals surface area contributed by atoms with Crippen molar-refractivity contribution in [3.63, 3.8) is 0 Å². The van der Waals surface area contributed by atoms with Gasteiger partial charge in [-0.05, 0) is 37.1 Å². The number of anilines is 1. The van der Waals surface area contributed by atoms with Crippen molar-refractivity contribution in [2.75, 3.05) is 11.1 Å². The molecule has 0 aliphatic heterocycles. The summed E-state index contributed by atoms with van der Waals surface area (Å²) in [7, 11) is 0. The fourth-order valence-electron chi connectivity index (χ4n) is 2.22. The van der Waals surface area contributed by atoms with E-state index in [0.717, 1.165) is 16.3 Å². The van der Waals surface area contributed by atoms with E-state index < -0.39 is 0 Å². The van der Waals surface area contributed by atoms with Gasteiger partial charge in [0.2, 0.25) is 11.0 Å². The van der Waals surface area contributed by atoms with E-state index in [0.29, 0.717) is 11.6 Å². The molecule has 3 rings (SSSR count). The minimum Gasteiger partial charge on any atom is -0.300 e. The Hall–Kier alpha value is -2.18. The van der Waals surface area contributed by atoms with Gasteiger partial charge in [0.25, 0.3) is 0 Å². The third-order valence-electron chi connectivity index (χ3n) is 3.77. The van der Waals surface area contributed by atoms with Crippen LogP contribution in [0.15, 0.2) is 53.4 Å². The third kappa shape index (κ3) is 4.90. The molecule has 1 heterocycles. The van der Waals surface area contributed by atoms with Gasteiger partial charge < -0.3 is 5.32 Å². The van der Waals surface area contributed by atoms with Crippen LogP contribution in [-0.2, 0) is 4.79 Å². The zero-order valence-electron chi connectivity index (χ0n) is 14.2. The number of thioether (sulfide) groups is 1. The molecule has 0 aliphatic carbocycles. The lowest BCUT2D eigenvalue weighted by Crippen LogP contribution is -2.11. The van der Waals surface area contributed by atoms with E-state index in [1.165, 1.54) is 27.4 Å². The Morgan fingerprint density at radius 3 is 2.64 bits per heavy atom. The van der Waals surface area contributed by atoms with Gasteiger partial charge in [-0.2, -0.15) is 0 Å². The molecule has 0 unspecified atom stereocenters. The topological polar surface area (TPSA) is 54.9 Å². The first-order valence-electron chi connectivity index (χ1n) is 8.00. The van der Waals surface area contributed by atoms with E-state index in [-0.39, 0.29) is 5.91 Å². The molecule has 0 aliphatic rings. The summed E-state index contributed by atoms with van der Waals surface area (Å²) in [6.07, 6.45) is 0.442. The van der Waals surface area contributed by atoms with Crippen LogP contribution in [-0.4, -0.2) is 21.9 Å². The maximum atomic E-state index is 12.1. The normalized spacial score (nSPS) is 10.6. The highest BCUT2D eigenvalue weighted by molar-refractivity contribution is 7.99. The smallest absolute Gasteiger partial charge is 0.227 e. The Balaban J connectivity index is 1.49. The van der Waals surface area contributed by atoms with E-state index in [9.17, 15) is 4.79 Å². The van der Waals surface area contributed by atoms with E-state index in [2.05, 4.69) is 47.6 Å². The Morgan fingerprint density at radius 2 is 1.88 bits per heavy atom. The monoisotopic (exact) mass is 369 g/mol. The molecule has 1 amide bonds. The van der Waals surface area contributed by atoms with Gasteiger partial charge in [0, 0.05) is 22.6 Å². The summed E-state index contributed by atoms with van der Waals surface area (Å²) < 4.78 is 0. The second-order valence-electron chi connectivity index (χ2n) is 5.67. The SMILES string of the molecule is Cc1ccc(SCCC(=O)Nc2nnc(-c3ccccc3)s2)cc1C. The highest BCUT2D eigenvalue weighted by atomic mass is 32.2. The predicted octanol–water partition coefficient (Wildman–Crippen LogP) is 4.94. The van der Waals surface area contributed by atoms with Crippen LogP contribution in [0.4, 0.5) is 5.13 Å². The number of nitrogens with one attached hydrogen (secondary N) is 1. The van der Waals surface area contributed by atoms with Gasteiger partial charge >= 0.3 is 0 Å². The summed E-state index contributed by atoms with van der Waals surface area (Å²) in [6.45, 7) is 4.20. The Bertz CT molecular complexity index is 862. The standard InChI is InChI=1S/C19H19N3OS2/c1-13-8-9-16(12-14(13)2)24-11-10-17(23)20-19-22-21-18(25-19)15-6-4-3-5-7-15/h3-9,12H,10-11H2,1-2H3,(H,20,22,23). The van der Waals surface area contributed by atoms with Crippen LogP contribution in [0.25, 0.3) is 10.6 Å². The average molecular weight is 370 g/mol.